The van der Waals surface area contributed by atoms with E-state index in [1.54, 1.807) is 6.20 Å². The molecule has 1 aromatic rings. The molecule has 1 aromatic heterocycles. The number of anilines is 1. The van der Waals surface area contributed by atoms with Gasteiger partial charge in [0.2, 0.25) is 0 Å². The molecule has 2 amide bonds. The summed E-state index contributed by atoms with van der Waals surface area (Å²) in [6, 6.07) is 3.69. The molecular weight excluding hydrogens is 190 g/mol. The van der Waals surface area contributed by atoms with Gasteiger partial charge in [-0.05, 0) is 31.9 Å². The molecule has 1 aliphatic rings. The normalized spacial score (nSPS) is 15.4. The van der Waals surface area contributed by atoms with E-state index in [0.717, 1.165) is 37.3 Å². The first-order chi connectivity index (χ1) is 7.27. The monoisotopic (exact) mass is 205 g/mol. The number of aromatic nitrogens is 1. The Labute approximate surface area is 89.3 Å². The van der Waals surface area contributed by atoms with E-state index in [2.05, 4.69) is 10.3 Å². The molecular formula is C11H15N3O. The van der Waals surface area contributed by atoms with Crippen LogP contribution in [0.25, 0.3) is 0 Å². The van der Waals surface area contributed by atoms with Crippen molar-refractivity contribution in [1.82, 2.24) is 9.88 Å². The van der Waals surface area contributed by atoms with Crippen molar-refractivity contribution < 1.29 is 4.79 Å². The number of aryl methyl sites for hydroxylation is 1. The van der Waals surface area contributed by atoms with Crippen LogP contribution in [-0.2, 0) is 0 Å². The Hall–Kier alpha value is -1.58. The first kappa shape index (κ1) is 9.96. The van der Waals surface area contributed by atoms with Gasteiger partial charge in [-0.25, -0.2) is 4.79 Å². The van der Waals surface area contributed by atoms with Crippen LogP contribution in [0.2, 0.25) is 0 Å². The molecule has 2 rings (SSSR count). The van der Waals surface area contributed by atoms with Crippen LogP contribution in [0.5, 0.6) is 0 Å². The molecule has 4 nitrogen and oxygen atoms in total. The van der Waals surface area contributed by atoms with Crippen molar-refractivity contribution in [3.05, 3.63) is 24.0 Å². The molecule has 0 aromatic carbocycles. The quantitative estimate of drug-likeness (QED) is 0.762. The molecule has 1 N–H and O–H groups in total. The predicted molar refractivity (Wildman–Crippen MR) is 58.8 cm³/mol. The van der Waals surface area contributed by atoms with Crippen molar-refractivity contribution in [2.24, 2.45) is 0 Å². The molecule has 1 saturated heterocycles. The average Bonchev–Trinajstić information content (AvgIpc) is 2.74. The molecule has 0 aliphatic carbocycles. The van der Waals surface area contributed by atoms with Gasteiger partial charge in [-0.15, -0.1) is 0 Å². The molecule has 80 valence electrons. The molecule has 0 saturated carbocycles. The Bertz CT molecular complexity index is 359. The minimum absolute atomic E-state index is 0.0106. The average molecular weight is 205 g/mol. The molecule has 1 aliphatic heterocycles. The molecule has 0 bridgehead atoms. The highest BCUT2D eigenvalue weighted by atomic mass is 16.2. The number of amides is 2. The maximum atomic E-state index is 11.8. The van der Waals surface area contributed by atoms with Crippen LogP contribution < -0.4 is 5.32 Å². The summed E-state index contributed by atoms with van der Waals surface area (Å²) in [7, 11) is 0. The molecule has 0 atom stereocenters. The second-order valence-corrected chi connectivity index (χ2v) is 3.76. The summed E-state index contributed by atoms with van der Waals surface area (Å²) in [5.74, 6) is 0. The number of nitrogens with one attached hydrogen (secondary N) is 1. The number of nitrogens with zero attached hydrogens (tertiary/aromatic N) is 2. The summed E-state index contributed by atoms with van der Waals surface area (Å²) in [4.78, 5) is 17.7. The highest BCUT2D eigenvalue weighted by Gasteiger charge is 2.18. The minimum atomic E-state index is -0.0106. The summed E-state index contributed by atoms with van der Waals surface area (Å²) in [6.45, 7) is 3.62. The molecule has 0 radical (unpaired) electrons. The minimum Gasteiger partial charge on any atom is -0.325 e. The van der Waals surface area contributed by atoms with E-state index < -0.39 is 0 Å². The van der Waals surface area contributed by atoms with Gasteiger partial charge in [0.25, 0.3) is 0 Å². The lowest BCUT2D eigenvalue weighted by atomic mass is 10.3. The van der Waals surface area contributed by atoms with Crippen molar-refractivity contribution in [2.45, 2.75) is 19.8 Å². The van der Waals surface area contributed by atoms with Gasteiger partial charge in [0.05, 0.1) is 11.4 Å². The lowest BCUT2D eigenvalue weighted by Crippen LogP contribution is -2.32. The van der Waals surface area contributed by atoms with Crippen LogP contribution in [-0.4, -0.2) is 29.0 Å². The Morgan fingerprint density at radius 2 is 2.20 bits per heavy atom. The zero-order valence-electron chi connectivity index (χ0n) is 8.86. The van der Waals surface area contributed by atoms with E-state index >= 15 is 0 Å². The van der Waals surface area contributed by atoms with Gasteiger partial charge in [-0.3, -0.25) is 4.98 Å². The SMILES string of the molecule is Cc1ncccc1NC(=O)N1CCCC1. The summed E-state index contributed by atoms with van der Waals surface area (Å²) >= 11 is 0. The first-order valence-electron chi connectivity index (χ1n) is 5.25. The van der Waals surface area contributed by atoms with E-state index in [1.165, 1.54) is 0 Å². The van der Waals surface area contributed by atoms with Crippen LogP contribution in [0.4, 0.5) is 10.5 Å². The van der Waals surface area contributed by atoms with Crippen molar-refractivity contribution in [2.75, 3.05) is 18.4 Å². The maximum Gasteiger partial charge on any atom is 0.321 e. The fraction of sp³-hybridized carbons (Fsp3) is 0.455. The Kier molecular flexibility index (Phi) is 2.85. The number of carbonyl (C=O) groups excluding carboxylic acids is 1. The molecule has 0 unspecified atom stereocenters. The fourth-order valence-electron chi connectivity index (χ4n) is 1.73. The van der Waals surface area contributed by atoms with Crippen LogP contribution in [0.15, 0.2) is 18.3 Å². The van der Waals surface area contributed by atoms with Crippen LogP contribution in [0, 0.1) is 6.92 Å². The van der Waals surface area contributed by atoms with Crippen molar-refractivity contribution in [1.29, 1.82) is 0 Å². The molecule has 1 fully saturated rings. The fourth-order valence-corrected chi connectivity index (χ4v) is 1.73. The van der Waals surface area contributed by atoms with Gasteiger partial charge in [0.1, 0.15) is 0 Å². The number of rotatable bonds is 1. The third kappa shape index (κ3) is 2.26. The number of likely N-dealkylation sites (tertiary alicyclic amines) is 1. The Morgan fingerprint density at radius 3 is 2.87 bits per heavy atom. The van der Waals surface area contributed by atoms with E-state index in [1.807, 2.05) is 24.0 Å². The van der Waals surface area contributed by atoms with E-state index in [-0.39, 0.29) is 6.03 Å². The summed E-state index contributed by atoms with van der Waals surface area (Å²) in [5, 5.41) is 2.88. The summed E-state index contributed by atoms with van der Waals surface area (Å²) in [6.07, 6.45) is 3.94. The largest absolute Gasteiger partial charge is 0.325 e. The Balaban J connectivity index is 2.02. The van der Waals surface area contributed by atoms with Gasteiger partial charge >= 0.3 is 6.03 Å². The van der Waals surface area contributed by atoms with Gasteiger partial charge in [0.15, 0.2) is 0 Å². The van der Waals surface area contributed by atoms with E-state index in [9.17, 15) is 4.79 Å². The first-order valence-corrected chi connectivity index (χ1v) is 5.25. The van der Waals surface area contributed by atoms with E-state index in [4.69, 9.17) is 0 Å². The topological polar surface area (TPSA) is 45.2 Å². The second kappa shape index (κ2) is 4.29. The van der Waals surface area contributed by atoms with Crippen LogP contribution in [0.3, 0.4) is 0 Å². The standard InChI is InChI=1S/C11H15N3O/c1-9-10(5-4-6-12-9)13-11(15)14-7-2-3-8-14/h4-6H,2-3,7-8H2,1H3,(H,13,15). The number of hydrogen-bond acceptors (Lipinski definition) is 2. The van der Waals surface area contributed by atoms with Crippen LogP contribution >= 0.6 is 0 Å². The summed E-state index contributed by atoms with van der Waals surface area (Å²) < 4.78 is 0. The highest BCUT2D eigenvalue weighted by Crippen LogP contribution is 2.13. The molecule has 15 heavy (non-hydrogen) atoms. The summed E-state index contributed by atoms with van der Waals surface area (Å²) in [5.41, 5.74) is 1.65. The van der Waals surface area contributed by atoms with Crippen LogP contribution in [0.1, 0.15) is 18.5 Å². The third-order valence-electron chi connectivity index (χ3n) is 2.64. The second-order valence-electron chi connectivity index (χ2n) is 3.76. The molecule has 2 heterocycles. The lowest BCUT2D eigenvalue weighted by Gasteiger charge is -2.16. The van der Waals surface area contributed by atoms with Gasteiger partial charge in [-0.1, -0.05) is 0 Å². The number of carbonyl (C=O) groups is 1. The van der Waals surface area contributed by atoms with Gasteiger partial charge in [-0.2, -0.15) is 0 Å². The van der Waals surface area contributed by atoms with Crippen molar-refractivity contribution in [3.63, 3.8) is 0 Å². The zero-order chi connectivity index (χ0) is 10.7. The molecule has 0 spiro atoms. The van der Waals surface area contributed by atoms with Crippen molar-refractivity contribution >= 4 is 11.7 Å². The van der Waals surface area contributed by atoms with Gasteiger partial charge < -0.3 is 10.2 Å². The highest BCUT2D eigenvalue weighted by molar-refractivity contribution is 5.89. The molecule has 4 heteroatoms. The predicted octanol–water partition coefficient (Wildman–Crippen LogP) is 2.02. The van der Waals surface area contributed by atoms with E-state index in [0.29, 0.717) is 0 Å². The van der Waals surface area contributed by atoms with Crippen molar-refractivity contribution in [3.8, 4) is 0 Å². The number of hydrogen-bond donors (Lipinski definition) is 1. The Morgan fingerprint density at radius 1 is 1.47 bits per heavy atom. The third-order valence-corrected chi connectivity index (χ3v) is 2.64. The lowest BCUT2D eigenvalue weighted by molar-refractivity contribution is 0.222. The van der Waals surface area contributed by atoms with Gasteiger partial charge in [0, 0.05) is 19.3 Å². The smallest absolute Gasteiger partial charge is 0.321 e. The number of pyridine rings is 1. The maximum absolute atomic E-state index is 11.8. The number of urea groups is 1. The zero-order valence-corrected chi connectivity index (χ0v) is 8.86.